The van der Waals surface area contributed by atoms with E-state index in [1.165, 1.54) is 16.0 Å². The molecule has 15 nitrogen and oxygen atoms in total. The minimum absolute atomic E-state index is 0.0936. The molecular weight excluding hydrogens is 734 g/mol. The first kappa shape index (κ1) is 44.7. The van der Waals surface area contributed by atoms with Gasteiger partial charge in [-0.25, -0.2) is 14.6 Å². The Morgan fingerprint density at radius 3 is 2.11 bits per heavy atom. The maximum atomic E-state index is 14.1. The third-order valence-corrected chi connectivity index (χ3v) is 9.90. The van der Waals surface area contributed by atoms with Crippen LogP contribution in [0.1, 0.15) is 68.8 Å². The highest BCUT2D eigenvalue weighted by Gasteiger charge is 2.36. The van der Waals surface area contributed by atoms with Crippen LogP contribution in [0.15, 0.2) is 77.9 Å². The van der Waals surface area contributed by atoms with Gasteiger partial charge in [-0.05, 0) is 61.3 Å². The number of aliphatic hydroxyl groups is 5. The average molecular weight is 790 g/mol. The van der Waals surface area contributed by atoms with Crippen LogP contribution in [0.4, 0.5) is 16.2 Å². The van der Waals surface area contributed by atoms with E-state index < -0.39 is 54.3 Å². The van der Waals surface area contributed by atoms with E-state index in [-0.39, 0.29) is 36.9 Å². The summed E-state index contributed by atoms with van der Waals surface area (Å²) in [5.41, 5.74) is 3.64. The van der Waals surface area contributed by atoms with Crippen molar-refractivity contribution in [3.8, 4) is 11.1 Å². The summed E-state index contributed by atoms with van der Waals surface area (Å²) in [6, 6.07) is 20.7. The highest BCUT2D eigenvalue weighted by atomic mass is 16.4. The number of urea groups is 1. The summed E-state index contributed by atoms with van der Waals surface area (Å²) in [5.74, 6) is -1.43. The number of carbonyl (C=O) groups excluding carboxylic acids is 3. The quantitative estimate of drug-likeness (QED) is 0.118. The molecule has 0 radical (unpaired) electrons. The number of hydrazone groups is 1. The summed E-state index contributed by atoms with van der Waals surface area (Å²) < 4.78 is 0. The number of nitrogens with one attached hydrogen (secondary N) is 2. The maximum Gasteiger partial charge on any atom is 0.345 e. The number of ketones is 1. The van der Waals surface area contributed by atoms with Crippen molar-refractivity contribution in [1.29, 1.82) is 0 Å². The number of fused-ring (bicyclic) bond motifs is 1. The highest BCUT2D eigenvalue weighted by molar-refractivity contribution is 6.13. The third kappa shape index (κ3) is 12.0. The molecule has 1 saturated carbocycles. The number of amides is 3. The summed E-state index contributed by atoms with van der Waals surface area (Å²) in [7, 11) is 1.57. The molecule has 0 bridgehead atoms. The first-order valence-corrected chi connectivity index (χ1v) is 19.1. The number of rotatable bonds is 14. The fourth-order valence-electron chi connectivity index (χ4n) is 6.55. The lowest BCUT2D eigenvalue weighted by molar-refractivity contribution is -0.124. The fourth-order valence-corrected chi connectivity index (χ4v) is 6.55. The van der Waals surface area contributed by atoms with E-state index in [0.29, 0.717) is 16.9 Å². The molecule has 0 aromatic heterocycles. The number of Topliss-reactive ketones (excluding diaryl/α,β-unsaturated/α-hetero) is 1. The minimum Gasteiger partial charge on any atom is -0.478 e. The van der Waals surface area contributed by atoms with Gasteiger partial charge in [0.1, 0.15) is 24.9 Å². The van der Waals surface area contributed by atoms with Crippen molar-refractivity contribution in [2.24, 2.45) is 16.4 Å². The van der Waals surface area contributed by atoms with Crippen molar-refractivity contribution in [2.75, 3.05) is 43.5 Å². The summed E-state index contributed by atoms with van der Waals surface area (Å²) in [5, 5.41) is 65.8. The Kier molecular flexibility index (Phi) is 16.0. The van der Waals surface area contributed by atoms with E-state index in [1.54, 1.807) is 43.4 Å². The molecule has 3 aromatic rings. The second-order valence-electron chi connectivity index (χ2n) is 15.3. The minimum atomic E-state index is -1.55. The zero-order valence-electron chi connectivity index (χ0n) is 32.8. The van der Waals surface area contributed by atoms with Crippen LogP contribution in [0.5, 0.6) is 0 Å². The molecule has 1 fully saturated rings. The standard InChI is InChI=1S/C35H38N4O5.C7H17NO5/c1-35(2,3)30(40)21-38-29-18-8-7-17-28(29)32(23-11-5-4-6-12-23)37-39(34(38)44)22-31(41)36-27-16-10-14-25(20-27)24-13-9-15-26(19-24)33(42)43;1-8-2-4(10)6(12)7(13)5(11)3-9/h7-10,13-20,23H,4-6,11-12,21-22H2,1-3H3,(H,36,41)(H,42,43);4-13H,2-3H2,1H3/t;4-,5+,6+,7+/m.0/s1. The summed E-state index contributed by atoms with van der Waals surface area (Å²) in [6.45, 7) is 4.42. The molecule has 2 aliphatic rings. The fraction of sp³-hybridized carbons (Fsp3) is 0.452. The molecular formula is C42H55N5O10. The molecule has 15 heteroatoms. The van der Waals surface area contributed by atoms with Crippen LogP contribution in [0.25, 0.3) is 11.1 Å². The number of likely N-dealkylation sites (N-methyl/N-ethyl adjacent to an activating group) is 1. The molecule has 3 aromatic carbocycles. The van der Waals surface area contributed by atoms with E-state index in [4.69, 9.17) is 25.5 Å². The monoisotopic (exact) mass is 789 g/mol. The molecule has 3 amide bonds. The van der Waals surface area contributed by atoms with Gasteiger partial charge in [0, 0.05) is 29.1 Å². The average Bonchev–Trinajstić information content (AvgIpc) is 3.31. The molecule has 1 aliphatic carbocycles. The first-order valence-electron chi connectivity index (χ1n) is 19.1. The van der Waals surface area contributed by atoms with Crippen LogP contribution in [-0.2, 0) is 9.59 Å². The summed E-state index contributed by atoms with van der Waals surface area (Å²) in [4.78, 5) is 53.6. The molecule has 1 aliphatic heterocycles. The van der Waals surface area contributed by atoms with E-state index >= 15 is 0 Å². The number of aromatic carboxylic acids is 1. The Balaban J connectivity index is 0.000000476. The lowest BCUT2D eigenvalue weighted by Crippen LogP contribution is -2.48. The van der Waals surface area contributed by atoms with E-state index in [0.717, 1.165) is 48.9 Å². The Morgan fingerprint density at radius 2 is 1.47 bits per heavy atom. The van der Waals surface area contributed by atoms with Crippen molar-refractivity contribution in [3.63, 3.8) is 0 Å². The Hall–Kier alpha value is -5.03. The number of carboxylic acids is 1. The number of hydrogen-bond acceptors (Lipinski definition) is 11. The van der Waals surface area contributed by atoms with Gasteiger partial charge in [-0.3, -0.25) is 14.5 Å². The van der Waals surface area contributed by atoms with Crippen molar-refractivity contribution in [2.45, 2.75) is 77.3 Å². The van der Waals surface area contributed by atoms with Gasteiger partial charge in [-0.1, -0.05) is 82.5 Å². The predicted molar refractivity (Wildman–Crippen MR) is 216 cm³/mol. The number of para-hydroxylation sites is 1. The van der Waals surface area contributed by atoms with Crippen LogP contribution >= 0.6 is 0 Å². The maximum absolute atomic E-state index is 14.1. The SMILES string of the molecule is CC(C)(C)C(=O)CN1C(=O)N(CC(=O)Nc2cccc(-c3cccc(C(=O)O)c3)c2)N=C(C2CCCCC2)c2ccccc21.CNC[C@H](O)[C@@H](O)[C@H](O)[C@H](O)CO. The largest absolute Gasteiger partial charge is 0.478 e. The highest BCUT2D eigenvalue weighted by Crippen LogP contribution is 2.35. The van der Waals surface area contributed by atoms with Gasteiger partial charge in [-0.2, -0.15) is 5.10 Å². The lowest BCUT2D eigenvalue weighted by Gasteiger charge is -2.28. The van der Waals surface area contributed by atoms with Gasteiger partial charge >= 0.3 is 12.0 Å². The Labute approximate surface area is 332 Å². The van der Waals surface area contributed by atoms with Gasteiger partial charge in [-0.15, -0.1) is 0 Å². The number of aliphatic hydroxyl groups excluding tert-OH is 5. The number of benzene rings is 3. The number of nitrogens with zero attached hydrogens (tertiary/aromatic N) is 3. The van der Waals surface area contributed by atoms with Gasteiger partial charge in [0.05, 0.1) is 36.2 Å². The van der Waals surface area contributed by atoms with Gasteiger partial charge < -0.3 is 41.3 Å². The third-order valence-electron chi connectivity index (χ3n) is 9.90. The molecule has 5 rings (SSSR count). The molecule has 308 valence electrons. The van der Waals surface area contributed by atoms with Crippen LogP contribution in [-0.4, -0.2) is 123 Å². The van der Waals surface area contributed by atoms with Crippen molar-refractivity contribution >= 4 is 40.8 Å². The molecule has 1 heterocycles. The molecule has 0 unspecified atom stereocenters. The van der Waals surface area contributed by atoms with Crippen LogP contribution < -0.4 is 15.5 Å². The zero-order chi connectivity index (χ0) is 41.9. The normalized spacial score (nSPS) is 16.9. The second kappa shape index (κ2) is 20.4. The topological polar surface area (TPSA) is 233 Å². The van der Waals surface area contributed by atoms with Crippen LogP contribution in [0.2, 0.25) is 0 Å². The van der Waals surface area contributed by atoms with E-state index in [1.807, 2.05) is 51.1 Å². The number of hydrogen-bond donors (Lipinski definition) is 8. The van der Waals surface area contributed by atoms with Gasteiger partial charge in [0.2, 0.25) is 5.91 Å². The summed E-state index contributed by atoms with van der Waals surface area (Å²) >= 11 is 0. The number of carboxylic acid groups (broad SMARTS) is 1. The van der Waals surface area contributed by atoms with Crippen molar-refractivity contribution < 1.29 is 49.8 Å². The van der Waals surface area contributed by atoms with Crippen molar-refractivity contribution in [1.82, 2.24) is 10.3 Å². The molecule has 8 N–H and O–H groups in total. The number of carbonyl (C=O) groups is 4. The smallest absolute Gasteiger partial charge is 0.345 e. The zero-order valence-corrected chi connectivity index (χ0v) is 32.8. The first-order chi connectivity index (χ1) is 27.0. The summed E-state index contributed by atoms with van der Waals surface area (Å²) in [6.07, 6.45) is -0.472. The van der Waals surface area contributed by atoms with Crippen LogP contribution in [0.3, 0.4) is 0 Å². The molecule has 57 heavy (non-hydrogen) atoms. The van der Waals surface area contributed by atoms with E-state index in [2.05, 4.69) is 10.6 Å². The molecule has 4 atom stereocenters. The predicted octanol–water partition coefficient (Wildman–Crippen LogP) is 3.47. The lowest BCUT2D eigenvalue weighted by atomic mass is 9.83. The van der Waals surface area contributed by atoms with Crippen molar-refractivity contribution in [3.05, 3.63) is 83.9 Å². The van der Waals surface area contributed by atoms with Gasteiger partial charge in [0.15, 0.2) is 5.78 Å². The molecule has 0 saturated heterocycles. The second-order valence-corrected chi connectivity index (χ2v) is 15.3. The molecule has 0 spiro atoms. The number of anilines is 2. The van der Waals surface area contributed by atoms with Crippen LogP contribution in [0, 0.1) is 11.3 Å². The Morgan fingerprint density at radius 1 is 0.842 bits per heavy atom. The van der Waals surface area contributed by atoms with Gasteiger partial charge in [0.25, 0.3) is 0 Å². The van der Waals surface area contributed by atoms with E-state index in [9.17, 15) is 29.4 Å². The Bertz CT molecular complexity index is 1890.